The number of amides is 2. The molecule has 3 rings (SSSR count). The Hall–Kier alpha value is -2.84. The van der Waals surface area contributed by atoms with Gasteiger partial charge < -0.3 is 15.2 Å². The number of halogens is 1. The van der Waals surface area contributed by atoms with Crippen LogP contribution < -0.4 is 10.6 Å². The van der Waals surface area contributed by atoms with Gasteiger partial charge in [-0.15, -0.1) is 10.2 Å². The van der Waals surface area contributed by atoms with Gasteiger partial charge in [-0.25, -0.2) is 0 Å². The molecule has 0 aliphatic heterocycles. The average Bonchev–Trinajstić information content (AvgIpc) is 3.09. The van der Waals surface area contributed by atoms with E-state index in [4.69, 9.17) is 11.6 Å². The Bertz CT molecular complexity index is 1050. The molecule has 0 aliphatic rings. The van der Waals surface area contributed by atoms with Crippen molar-refractivity contribution in [2.75, 3.05) is 11.1 Å². The summed E-state index contributed by atoms with van der Waals surface area (Å²) in [7, 11) is 1.80. The molecule has 156 valence electrons. The van der Waals surface area contributed by atoms with Crippen LogP contribution in [-0.2, 0) is 11.8 Å². The van der Waals surface area contributed by atoms with E-state index in [9.17, 15) is 9.59 Å². The van der Waals surface area contributed by atoms with E-state index in [1.165, 1.54) is 11.8 Å². The Morgan fingerprint density at radius 2 is 1.83 bits per heavy atom. The van der Waals surface area contributed by atoms with Crippen molar-refractivity contribution in [1.29, 1.82) is 0 Å². The van der Waals surface area contributed by atoms with Crippen molar-refractivity contribution < 1.29 is 9.59 Å². The van der Waals surface area contributed by atoms with Crippen LogP contribution in [0.15, 0.2) is 53.7 Å². The molecule has 0 saturated heterocycles. The first-order valence-corrected chi connectivity index (χ1v) is 10.7. The van der Waals surface area contributed by atoms with Crippen LogP contribution in [0.4, 0.5) is 5.69 Å². The molecule has 0 spiro atoms. The summed E-state index contributed by atoms with van der Waals surface area (Å²) in [4.78, 5) is 24.7. The van der Waals surface area contributed by atoms with Crippen LogP contribution in [0.5, 0.6) is 0 Å². The number of thioether (sulfide) groups is 1. The van der Waals surface area contributed by atoms with Gasteiger partial charge in [-0.2, -0.15) is 0 Å². The second kappa shape index (κ2) is 9.77. The second-order valence-electron chi connectivity index (χ2n) is 6.78. The standard InChI is InChI=1S/C21H22ClN5O2S/c1-13-8-10-15(11-9-13)24-18(28)12-30-21-26-25-19(27(21)3)14(2)23-20(29)16-6-4-5-7-17(16)22/h4-11,14H,12H2,1-3H3,(H,23,29)(H,24,28)/t14-/m1/s1. The van der Waals surface area contributed by atoms with E-state index in [0.29, 0.717) is 21.6 Å². The summed E-state index contributed by atoms with van der Waals surface area (Å²) in [5, 5.41) is 15.0. The van der Waals surface area contributed by atoms with Crippen LogP contribution in [-0.4, -0.2) is 32.3 Å². The molecule has 1 atom stereocenters. The molecule has 2 aromatic carbocycles. The van der Waals surface area contributed by atoms with Gasteiger partial charge in [0.15, 0.2) is 11.0 Å². The predicted octanol–water partition coefficient (Wildman–Crippen LogP) is 4.00. The summed E-state index contributed by atoms with van der Waals surface area (Å²) >= 11 is 7.36. The molecule has 2 N–H and O–H groups in total. The van der Waals surface area contributed by atoms with Crippen molar-refractivity contribution in [3.05, 3.63) is 70.5 Å². The number of carbonyl (C=O) groups is 2. The topological polar surface area (TPSA) is 88.9 Å². The summed E-state index contributed by atoms with van der Waals surface area (Å²) < 4.78 is 1.77. The zero-order valence-electron chi connectivity index (χ0n) is 16.8. The van der Waals surface area contributed by atoms with Gasteiger partial charge in [0.25, 0.3) is 5.91 Å². The second-order valence-corrected chi connectivity index (χ2v) is 8.13. The number of aromatic nitrogens is 3. The number of hydrogen-bond acceptors (Lipinski definition) is 5. The van der Waals surface area contributed by atoms with Crippen molar-refractivity contribution in [1.82, 2.24) is 20.1 Å². The molecule has 2 amide bonds. The number of carbonyl (C=O) groups excluding carboxylic acids is 2. The van der Waals surface area contributed by atoms with Gasteiger partial charge in [-0.1, -0.05) is 53.2 Å². The van der Waals surface area contributed by atoms with E-state index in [-0.39, 0.29) is 23.6 Å². The van der Waals surface area contributed by atoms with E-state index >= 15 is 0 Å². The van der Waals surface area contributed by atoms with E-state index in [2.05, 4.69) is 20.8 Å². The van der Waals surface area contributed by atoms with Crippen molar-refractivity contribution in [3.63, 3.8) is 0 Å². The number of anilines is 1. The Morgan fingerprint density at radius 3 is 2.53 bits per heavy atom. The molecule has 0 fully saturated rings. The Balaban J connectivity index is 1.58. The number of nitrogens with one attached hydrogen (secondary N) is 2. The molecule has 9 heteroatoms. The van der Waals surface area contributed by atoms with Gasteiger partial charge in [0.2, 0.25) is 5.91 Å². The lowest BCUT2D eigenvalue weighted by atomic mass is 10.2. The summed E-state index contributed by atoms with van der Waals surface area (Å²) in [6, 6.07) is 14.1. The highest BCUT2D eigenvalue weighted by Gasteiger charge is 2.20. The van der Waals surface area contributed by atoms with Crippen molar-refractivity contribution in [2.24, 2.45) is 7.05 Å². The first-order valence-electron chi connectivity index (χ1n) is 9.29. The molecule has 7 nitrogen and oxygen atoms in total. The molecule has 3 aromatic rings. The Kier molecular flexibility index (Phi) is 7.12. The zero-order valence-corrected chi connectivity index (χ0v) is 18.4. The van der Waals surface area contributed by atoms with Crippen molar-refractivity contribution in [2.45, 2.75) is 25.0 Å². The summed E-state index contributed by atoms with van der Waals surface area (Å²) in [5.74, 6) is 0.355. The van der Waals surface area contributed by atoms with Gasteiger partial charge >= 0.3 is 0 Å². The fourth-order valence-corrected chi connectivity index (χ4v) is 3.72. The molecular weight excluding hydrogens is 422 g/mol. The molecule has 0 radical (unpaired) electrons. The van der Waals surface area contributed by atoms with Gasteiger partial charge in [-0.3, -0.25) is 9.59 Å². The molecular formula is C21H22ClN5O2S. The minimum absolute atomic E-state index is 0.131. The van der Waals surface area contributed by atoms with Crippen LogP contribution in [0, 0.1) is 6.92 Å². The highest BCUT2D eigenvalue weighted by molar-refractivity contribution is 7.99. The Morgan fingerprint density at radius 1 is 1.13 bits per heavy atom. The van der Waals surface area contributed by atoms with Gasteiger partial charge in [-0.05, 0) is 38.1 Å². The zero-order chi connectivity index (χ0) is 21.7. The highest BCUT2D eigenvalue weighted by Crippen LogP contribution is 2.21. The van der Waals surface area contributed by atoms with E-state index in [1.54, 1.807) is 35.9 Å². The molecule has 0 unspecified atom stereocenters. The monoisotopic (exact) mass is 443 g/mol. The highest BCUT2D eigenvalue weighted by atomic mass is 35.5. The molecule has 1 heterocycles. The molecule has 0 aliphatic carbocycles. The van der Waals surface area contributed by atoms with Gasteiger partial charge in [0, 0.05) is 12.7 Å². The first kappa shape index (κ1) is 21.9. The number of aryl methyl sites for hydroxylation is 1. The SMILES string of the molecule is Cc1ccc(NC(=O)CSc2nnc([C@@H](C)NC(=O)c3ccccc3Cl)n2C)cc1. The van der Waals surface area contributed by atoms with E-state index in [0.717, 1.165) is 11.3 Å². The summed E-state index contributed by atoms with van der Waals surface area (Å²) in [6.45, 7) is 3.81. The van der Waals surface area contributed by atoms with Gasteiger partial charge in [0.1, 0.15) is 0 Å². The molecule has 1 aromatic heterocycles. The largest absolute Gasteiger partial charge is 0.342 e. The summed E-state index contributed by atoms with van der Waals surface area (Å²) in [5.41, 5.74) is 2.28. The van der Waals surface area contributed by atoms with E-state index in [1.807, 2.05) is 38.1 Å². The van der Waals surface area contributed by atoms with Crippen LogP contribution in [0.25, 0.3) is 0 Å². The van der Waals surface area contributed by atoms with Crippen molar-refractivity contribution in [3.8, 4) is 0 Å². The van der Waals surface area contributed by atoms with Gasteiger partial charge in [0.05, 0.1) is 22.4 Å². The minimum Gasteiger partial charge on any atom is -0.342 e. The smallest absolute Gasteiger partial charge is 0.253 e. The number of nitrogens with zero attached hydrogens (tertiary/aromatic N) is 3. The number of rotatable bonds is 7. The number of benzene rings is 2. The predicted molar refractivity (Wildman–Crippen MR) is 119 cm³/mol. The quantitative estimate of drug-likeness (QED) is 0.539. The number of hydrogen-bond donors (Lipinski definition) is 2. The first-order chi connectivity index (χ1) is 14.3. The lowest BCUT2D eigenvalue weighted by Crippen LogP contribution is -2.28. The maximum Gasteiger partial charge on any atom is 0.253 e. The third kappa shape index (κ3) is 5.40. The maximum atomic E-state index is 12.5. The van der Waals surface area contributed by atoms with E-state index < -0.39 is 0 Å². The third-order valence-corrected chi connectivity index (χ3v) is 5.74. The lowest BCUT2D eigenvalue weighted by molar-refractivity contribution is -0.113. The fourth-order valence-electron chi connectivity index (χ4n) is 2.78. The van der Waals surface area contributed by atoms with Crippen molar-refractivity contribution >= 4 is 40.9 Å². The minimum atomic E-state index is -0.387. The van der Waals surface area contributed by atoms with Crippen LogP contribution in [0.3, 0.4) is 0 Å². The van der Waals surface area contributed by atoms with Crippen LogP contribution in [0.1, 0.15) is 34.7 Å². The Labute approximate surface area is 184 Å². The van der Waals surface area contributed by atoms with Crippen LogP contribution >= 0.6 is 23.4 Å². The molecule has 30 heavy (non-hydrogen) atoms. The third-order valence-electron chi connectivity index (χ3n) is 4.39. The maximum absolute atomic E-state index is 12.5. The lowest BCUT2D eigenvalue weighted by Gasteiger charge is -2.14. The molecule has 0 saturated carbocycles. The fraction of sp³-hybridized carbons (Fsp3) is 0.238. The normalized spacial score (nSPS) is 11.7. The van der Waals surface area contributed by atoms with Crippen LogP contribution in [0.2, 0.25) is 5.02 Å². The molecule has 0 bridgehead atoms. The average molecular weight is 444 g/mol. The summed E-state index contributed by atoms with van der Waals surface area (Å²) in [6.07, 6.45) is 0.